The highest BCUT2D eigenvalue weighted by atomic mass is 16.3. The maximum atomic E-state index is 8.82. The number of hydrogen-bond acceptors (Lipinski definition) is 2. The Morgan fingerprint density at radius 2 is 1.82 bits per heavy atom. The van der Waals surface area contributed by atoms with E-state index < -0.39 is 0 Å². The van der Waals surface area contributed by atoms with Crippen molar-refractivity contribution in [2.24, 2.45) is 5.92 Å². The molecule has 0 unspecified atom stereocenters. The van der Waals surface area contributed by atoms with Crippen LogP contribution >= 0.6 is 0 Å². The number of aliphatic hydroxyl groups excluding tert-OH is 1. The van der Waals surface area contributed by atoms with Crippen molar-refractivity contribution in [1.29, 1.82) is 0 Å². The van der Waals surface area contributed by atoms with E-state index in [1.165, 1.54) is 37.9 Å². The molecule has 0 saturated carbocycles. The monoisotopic (exact) mass is 233 g/mol. The van der Waals surface area contributed by atoms with E-state index in [2.05, 4.69) is 35.2 Å². The van der Waals surface area contributed by atoms with Crippen molar-refractivity contribution in [1.82, 2.24) is 4.90 Å². The molecular weight excluding hydrogens is 210 g/mol. The summed E-state index contributed by atoms with van der Waals surface area (Å²) in [6.45, 7) is 3.80. The van der Waals surface area contributed by atoms with Gasteiger partial charge in [0.1, 0.15) is 0 Å². The molecular formula is C15H23NO. The van der Waals surface area contributed by atoms with Crippen molar-refractivity contribution in [3.63, 3.8) is 0 Å². The number of benzene rings is 1. The van der Waals surface area contributed by atoms with Crippen molar-refractivity contribution in [2.45, 2.75) is 25.7 Å². The Morgan fingerprint density at radius 1 is 1.12 bits per heavy atom. The lowest BCUT2D eigenvalue weighted by atomic mass is 9.90. The largest absolute Gasteiger partial charge is 0.396 e. The molecule has 17 heavy (non-hydrogen) atoms. The van der Waals surface area contributed by atoms with Crippen LogP contribution in [0.2, 0.25) is 0 Å². The minimum Gasteiger partial charge on any atom is -0.396 e. The van der Waals surface area contributed by atoms with Crippen molar-refractivity contribution in [3.8, 4) is 0 Å². The van der Waals surface area contributed by atoms with Gasteiger partial charge in [-0.15, -0.1) is 0 Å². The number of hydrogen-bond donors (Lipinski definition) is 1. The van der Waals surface area contributed by atoms with Gasteiger partial charge in [-0.25, -0.2) is 0 Å². The van der Waals surface area contributed by atoms with Crippen molar-refractivity contribution >= 4 is 0 Å². The highest BCUT2D eigenvalue weighted by Gasteiger charge is 2.18. The van der Waals surface area contributed by atoms with Crippen LogP contribution in [0.15, 0.2) is 30.3 Å². The molecule has 94 valence electrons. The number of piperidine rings is 1. The van der Waals surface area contributed by atoms with Crippen LogP contribution in [0.3, 0.4) is 0 Å². The predicted octanol–water partition coefficient (Wildman–Crippen LogP) is 2.32. The summed E-state index contributed by atoms with van der Waals surface area (Å²) in [7, 11) is 0. The summed E-state index contributed by atoms with van der Waals surface area (Å²) >= 11 is 0. The van der Waals surface area contributed by atoms with Gasteiger partial charge in [-0.2, -0.15) is 0 Å². The van der Waals surface area contributed by atoms with E-state index in [1.54, 1.807) is 0 Å². The molecule has 0 bridgehead atoms. The van der Waals surface area contributed by atoms with Crippen molar-refractivity contribution in [3.05, 3.63) is 35.9 Å². The summed E-state index contributed by atoms with van der Waals surface area (Å²) in [5, 5.41) is 8.82. The summed E-state index contributed by atoms with van der Waals surface area (Å²) in [6, 6.07) is 10.8. The predicted molar refractivity (Wildman–Crippen MR) is 71.0 cm³/mol. The third-order valence-electron chi connectivity index (χ3n) is 3.71. The average molecular weight is 233 g/mol. The lowest BCUT2D eigenvalue weighted by molar-refractivity contribution is 0.167. The van der Waals surface area contributed by atoms with Crippen LogP contribution in [0, 0.1) is 5.92 Å². The smallest absolute Gasteiger partial charge is 0.0443 e. The summed E-state index contributed by atoms with van der Waals surface area (Å²) in [5.74, 6) is 0.850. The molecule has 0 aromatic heterocycles. The standard InChI is InChI=1S/C15H23NO/c17-12-4-9-16-10-7-15(8-11-16)13-14-5-2-1-3-6-14/h1-3,5-6,15,17H,4,7-13H2. The average Bonchev–Trinajstić information content (AvgIpc) is 2.39. The summed E-state index contributed by atoms with van der Waals surface area (Å²) in [4.78, 5) is 2.48. The minimum absolute atomic E-state index is 0.323. The zero-order valence-electron chi connectivity index (χ0n) is 10.5. The van der Waals surface area contributed by atoms with Gasteiger partial charge in [-0.1, -0.05) is 30.3 Å². The fourth-order valence-corrected chi connectivity index (χ4v) is 2.66. The number of likely N-dealkylation sites (tertiary alicyclic amines) is 1. The van der Waals surface area contributed by atoms with Crippen LogP contribution in [0.25, 0.3) is 0 Å². The summed E-state index contributed by atoms with van der Waals surface area (Å²) in [5.41, 5.74) is 1.47. The zero-order chi connectivity index (χ0) is 11.9. The van der Waals surface area contributed by atoms with Gasteiger partial charge < -0.3 is 10.0 Å². The van der Waals surface area contributed by atoms with Gasteiger partial charge in [-0.3, -0.25) is 0 Å². The molecule has 1 fully saturated rings. The molecule has 1 aromatic carbocycles. The SMILES string of the molecule is OCCCN1CCC(Cc2ccccc2)CC1. The van der Waals surface area contributed by atoms with Gasteiger partial charge in [0.2, 0.25) is 0 Å². The van der Waals surface area contributed by atoms with Crippen LogP contribution in [0.1, 0.15) is 24.8 Å². The fraction of sp³-hybridized carbons (Fsp3) is 0.600. The maximum absolute atomic E-state index is 8.82. The normalized spacial score (nSPS) is 18.4. The van der Waals surface area contributed by atoms with Gasteiger partial charge >= 0.3 is 0 Å². The summed E-state index contributed by atoms with van der Waals surface area (Å²) < 4.78 is 0. The number of nitrogens with zero attached hydrogens (tertiary/aromatic N) is 1. The first-order valence-electron chi connectivity index (χ1n) is 6.75. The highest BCUT2D eigenvalue weighted by Crippen LogP contribution is 2.21. The Kier molecular flexibility index (Phi) is 5.02. The topological polar surface area (TPSA) is 23.5 Å². The van der Waals surface area contributed by atoms with Gasteiger partial charge in [-0.05, 0) is 50.3 Å². The molecule has 1 aliphatic rings. The molecule has 1 saturated heterocycles. The van der Waals surface area contributed by atoms with Crippen molar-refractivity contribution in [2.75, 3.05) is 26.2 Å². The van der Waals surface area contributed by atoms with E-state index >= 15 is 0 Å². The Morgan fingerprint density at radius 3 is 2.47 bits per heavy atom. The molecule has 1 aliphatic heterocycles. The molecule has 2 heteroatoms. The van der Waals surface area contributed by atoms with Crippen LogP contribution in [0.4, 0.5) is 0 Å². The van der Waals surface area contributed by atoms with Gasteiger partial charge in [0.05, 0.1) is 0 Å². The van der Waals surface area contributed by atoms with Crippen LogP contribution in [-0.4, -0.2) is 36.2 Å². The second-order valence-corrected chi connectivity index (χ2v) is 5.05. The molecule has 1 aromatic rings. The summed E-state index contributed by atoms with van der Waals surface area (Å²) in [6.07, 6.45) is 4.76. The van der Waals surface area contributed by atoms with E-state index in [4.69, 9.17) is 5.11 Å². The molecule has 1 heterocycles. The van der Waals surface area contributed by atoms with Crippen LogP contribution in [-0.2, 0) is 6.42 Å². The molecule has 2 rings (SSSR count). The zero-order valence-corrected chi connectivity index (χ0v) is 10.5. The van der Waals surface area contributed by atoms with Crippen LogP contribution < -0.4 is 0 Å². The third kappa shape index (κ3) is 4.14. The number of aliphatic hydroxyl groups is 1. The van der Waals surface area contributed by atoms with E-state index in [9.17, 15) is 0 Å². The Hall–Kier alpha value is -0.860. The molecule has 0 spiro atoms. The second-order valence-electron chi connectivity index (χ2n) is 5.05. The molecule has 0 aliphatic carbocycles. The van der Waals surface area contributed by atoms with Crippen molar-refractivity contribution < 1.29 is 5.11 Å². The van der Waals surface area contributed by atoms with E-state index in [0.29, 0.717) is 6.61 Å². The fourth-order valence-electron chi connectivity index (χ4n) is 2.66. The first-order valence-corrected chi connectivity index (χ1v) is 6.75. The third-order valence-corrected chi connectivity index (χ3v) is 3.71. The molecule has 0 amide bonds. The van der Waals surface area contributed by atoms with E-state index in [0.717, 1.165) is 18.9 Å². The molecule has 0 atom stereocenters. The Bertz CT molecular complexity index is 304. The maximum Gasteiger partial charge on any atom is 0.0443 e. The van der Waals surface area contributed by atoms with E-state index in [-0.39, 0.29) is 0 Å². The first kappa shape index (κ1) is 12.6. The molecule has 2 nitrogen and oxygen atoms in total. The number of rotatable bonds is 5. The highest BCUT2D eigenvalue weighted by molar-refractivity contribution is 5.15. The quantitative estimate of drug-likeness (QED) is 0.843. The first-order chi connectivity index (χ1) is 8.38. The lowest BCUT2D eigenvalue weighted by Crippen LogP contribution is -2.35. The van der Waals surface area contributed by atoms with Crippen LogP contribution in [0.5, 0.6) is 0 Å². The van der Waals surface area contributed by atoms with E-state index in [1.807, 2.05) is 0 Å². The Balaban J connectivity index is 1.72. The van der Waals surface area contributed by atoms with Gasteiger partial charge in [0, 0.05) is 13.2 Å². The molecule has 1 N–H and O–H groups in total. The minimum atomic E-state index is 0.323. The second kappa shape index (κ2) is 6.77. The molecule has 0 radical (unpaired) electrons. The Labute approximate surface area is 104 Å². The van der Waals surface area contributed by atoms with Gasteiger partial charge in [0.15, 0.2) is 0 Å². The van der Waals surface area contributed by atoms with Gasteiger partial charge in [0.25, 0.3) is 0 Å². The lowest BCUT2D eigenvalue weighted by Gasteiger charge is -2.31.